The molecule has 4 heteroatoms. The second kappa shape index (κ2) is 4.33. The van der Waals surface area contributed by atoms with Crippen molar-refractivity contribution < 1.29 is 14.3 Å². The van der Waals surface area contributed by atoms with E-state index in [1.807, 2.05) is 31.2 Å². The van der Waals surface area contributed by atoms with Crippen LogP contribution in [0.4, 0.5) is 0 Å². The fourth-order valence-electron chi connectivity index (χ4n) is 3.39. The summed E-state index contributed by atoms with van der Waals surface area (Å²) in [5.74, 6) is -0.325. The van der Waals surface area contributed by atoms with Crippen LogP contribution < -0.4 is 0 Å². The summed E-state index contributed by atoms with van der Waals surface area (Å²) in [6.07, 6.45) is -0.189. The maximum atomic E-state index is 11.7. The Labute approximate surface area is 127 Å². The van der Waals surface area contributed by atoms with Gasteiger partial charge in [-0.2, -0.15) is 0 Å². The summed E-state index contributed by atoms with van der Waals surface area (Å²) in [7, 11) is 1.39. The van der Waals surface area contributed by atoms with Crippen LogP contribution in [-0.2, 0) is 9.47 Å². The number of aryl methyl sites for hydroxylation is 1. The van der Waals surface area contributed by atoms with Gasteiger partial charge in [-0.15, -0.1) is 0 Å². The monoisotopic (exact) mass is 300 g/mol. The summed E-state index contributed by atoms with van der Waals surface area (Å²) in [6.45, 7) is 2.04. The number of rotatable bonds is 1. The first-order valence-corrected chi connectivity index (χ1v) is 7.15. The van der Waals surface area contributed by atoms with Gasteiger partial charge < -0.3 is 9.47 Å². The Morgan fingerprint density at radius 1 is 1.14 bits per heavy atom. The van der Waals surface area contributed by atoms with E-state index in [1.165, 1.54) is 12.7 Å². The molecule has 2 bridgehead atoms. The number of hydrogen-bond acceptors (Lipinski definition) is 3. The molecule has 4 rings (SSSR count). The molecular weight excluding hydrogens is 288 g/mol. The van der Waals surface area contributed by atoms with Crippen LogP contribution in [0.5, 0.6) is 0 Å². The van der Waals surface area contributed by atoms with Crippen molar-refractivity contribution in [1.29, 1.82) is 0 Å². The van der Waals surface area contributed by atoms with Crippen molar-refractivity contribution in [2.75, 3.05) is 7.11 Å². The van der Waals surface area contributed by atoms with Crippen molar-refractivity contribution in [1.82, 2.24) is 0 Å². The lowest BCUT2D eigenvalue weighted by Gasteiger charge is -2.18. The molecule has 0 N–H and O–H groups in total. The Balaban J connectivity index is 1.88. The second-order valence-electron chi connectivity index (χ2n) is 5.46. The molecule has 2 atom stereocenters. The van der Waals surface area contributed by atoms with Gasteiger partial charge in [0.15, 0.2) is 0 Å². The van der Waals surface area contributed by atoms with Crippen molar-refractivity contribution >= 4 is 17.6 Å². The van der Waals surface area contributed by atoms with E-state index >= 15 is 0 Å². The third-order valence-corrected chi connectivity index (χ3v) is 4.49. The van der Waals surface area contributed by atoms with Crippen molar-refractivity contribution in [2.24, 2.45) is 0 Å². The highest BCUT2D eigenvalue weighted by molar-refractivity contribution is 6.30. The zero-order valence-electron chi connectivity index (χ0n) is 11.6. The molecule has 0 fully saturated rings. The zero-order chi connectivity index (χ0) is 14.7. The lowest BCUT2D eigenvalue weighted by molar-refractivity contribution is 0.0600. The number of carbonyl (C=O) groups excluding carboxylic acids is 1. The molecule has 0 radical (unpaired) electrons. The molecule has 0 aliphatic carbocycles. The molecule has 21 heavy (non-hydrogen) atoms. The first kappa shape index (κ1) is 12.9. The number of hydrogen-bond donors (Lipinski definition) is 0. The van der Waals surface area contributed by atoms with Crippen molar-refractivity contribution in [3.05, 3.63) is 68.7 Å². The van der Waals surface area contributed by atoms with Crippen LogP contribution >= 0.6 is 11.6 Å². The maximum Gasteiger partial charge on any atom is 0.337 e. The van der Waals surface area contributed by atoms with Gasteiger partial charge in [0.05, 0.1) is 12.7 Å². The van der Waals surface area contributed by atoms with E-state index in [4.69, 9.17) is 21.1 Å². The molecule has 2 aliphatic rings. The number of benzene rings is 2. The highest BCUT2D eigenvalue weighted by Gasteiger charge is 2.43. The molecule has 0 saturated heterocycles. The number of esters is 1. The maximum absolute atomic E-state index is 11.7. The largest absolute Gasteiger partial charge is 0.465 e. The average Bonchev–Trinajstić information content (AvgIpc) is 3.02. The summed E-state index contributed by atoms with van der Waals surface area (Å²) in [6, 6.07) is 9.54. The zero-order valence-corrected chi connectivity index (χ0v) is 12.4. The fourth-order valence-corrected chi connectivity index (χ4v) is 3.67. The number of halogens is 1. The van der Waals surface area contributed by atoms with E-state index in [0.717, 1.165) is 27.3 Å². The van der Waals surface area contributed by atoms with Gasteiger partial charge >= 0.3 is 5.97 Å². The Bertz CT molecular complexity index is 782. The summed E-state index contributed by atoms with van der Waals surface area (Å²) in [5.41, 5.74) is 6.17. The average molecular weight is 301 g/mol. The Morgan fingerprint density at radius 2 is 1.95 bits per heavy atom. The van der Waals surface area contributed by atoms with Crippen LogP contribution in [0, 0.1) is 6.92 Å². The first-order valence-electron chi connectivity index (χ1n) is 6.77. The predicted molar refractivity (Wildman–Crippen MR) is 78.7 cm³/mol. The third-order valence-electron chi connectivity index (χ3n) is 4.27. The van der Waals surface area contributed by atoms with E-state index in [1.54, 1.807) is 6.07 Å². The molecule has 2 aromatic carbocycles. The third kappa shape index (κ3) is 1.68. The van der Waals surface area contributed by atoms with Gasteiger partial charge in [-0.05, 0) is 59.0 Å². The predicted octanol–water partition coefficient (Wildman–Crippen LogP) is 3.96. The normalized spacial score (nSPS) is 21.1. The number of ether oxygens (including phenoxy) is 2. The van der Waals surface area contributed by atoms with Gasteiger partial charge in [0.2, 0.25) is 0 Å². The SMILES string of the molecule is COC(=O)c1ccc2c(c1)C1OC2c2cc(Cl)cc(C)c21. The highest BCUT2D eigenvalue weighted by atomic mass is 35.5. The van der Waals surface area contributed by atoms with E-state index in [2.05, 4.69) is 0 Å². The lowest BCUT2D eigenvalue weighted by Crippen LogP contribution is -2.08. The quantitative estimate of drug-likeness (QED) is 0.748. The van der Waals surface area contributed by atoms with Gasteiger partial charge in [0.1, 0.15) is 12.2 Å². The molecule has 2 aliphatic heterocycles. The van der Waals surface area contributed by atoms with Crippen LogP contribution in [0.2, 0.25) is 5.02 Å². The fraction of sp³-hybridized carbons (Fsp3) is 0.235. The Morgan fingerprint density at radius 3 is 2.71 bits per heavy atom. The van der Waals surface area contributed by atoms with Crippen molar-refractivity contribution in [3.63, 3.8) is 0 Å². The van der Waals surface area contributed by atoms with Crippen LogP contribution in [0.1, 0.15) is 50.4 Å². The summed E-state index contributed by atoms with van der Waals surface area (Å²) in [5, 5.41) is 0.732. The van der Waals surface area contributed by atoms with E-state index in [0.29, 0.717) is 5.56 Å². The minimum absolute atomic E-state index is 0.0795. The van der Waals surface area contributed by atoms with E-state index in [-0.39, 0.29) is 18.2 Å². The molecule has 0 amide bonds. The van der Waals surface area contributed by atoms with Crippen molar-refractivity contribution in [3.8, 4) is 0 Å². The molecule has 2 unspecified atom stereocenters. The van der Waals surface area contributed by atoms with Crippen molar-refractivity contribution in [2.45, 2.75) is 19.1 Å². The van der Waals surface area contributed by atoms with Crippen LogP contribution in [0.25, 0.3) is 0 Å². The second-order valence-corrected chi connectivity index (χ2v) is 5.89. The number of fused-ring (bicyclic) bond motifs is 8. The van der Waals surface area contributed by atoms with E-state index < -0.39 is 0 Å². The smallest absolute Gasteiger partial charge is 0.337 e. The van der Waals surface area contributed by atoms with Crippen LogP contribution in [0.15, 0.2) is 30.3 Å². The van der Waals surface area contributed by atoms with Gasteiger partial charge in [0.25, 0.3) is 0 Å². The lowest BCUT2D eigenvalue weighted by atomic mass is 9.83. The molecule has 2 heterocycles. The van der Waals surface area contributed by atoms with Crippen LogP contribution in [-0.4, -0.2) is 13.1 Å². The topological polar surface area (TPSA) is 35.5 Å². The Kier molecular flexibility index (Phi) is 2.65. The number of methoxy groups -OCH3 is 1. The molecule has 3 nitrogen and oxygen atoms in total. The molecule has 0 saturated carbocycles. The molecule has 0 aromatic heterocycles. The standard InChI is InChI=1S/C17H13ClO3/c1-8-5-10(18)7-13-14(8)16-12-6-9(17(19)20-2)3-4-11(12)15(13)21-16/h3-7,15-16H,1-2H3. The van der Waals surface area contributed by atoms with Gasteiger partial charge in [-0.25, -0.2) is 4.79 Å². The number of carbonyl (C=O) groups is 1. The van der Waals surface area contributed by atoms with Gasteiger partial charge in [-0.1, -0.05) is 17.7 Å². The first-order chi connectivity index (χ1) is 10.1. The molecular formula is C17H13ClO3. The minimum Gasteiger partial charge on any atom is -0.465 e. The summed E-state index contributed by atoms with van der Waals surface area (Å²) in [4.78, 5) is 11.7. The van der Waals surface area contributed by atoms with Gasteiger partial charge in [0, 0.05) is 5.02 Å². The summed E-state index contributed by atoms with van der Waals surface area (Å²) >= 11 is 6.16. The molecule has 2 aromatic rings. The molecule has 106 valence electrons. The molecule has 0 spiro atoms. The van der Waals surface area contributed by atoms with Gasteiger partial charge in [-0.3, -0.25) is 0 Å². The van der Waals surface area contributed by atoms with Crippen LogP contribution in [0.3, 0.4) is 0 Å². The summed E-state index contributed by atoms with van der Waals surface area (Å²) < 4.78 is 10.9. The highest BCUT2D eigenvalue weighted by Crippen LogP contribution is 2.55. The van der Waals surface area contributed by atoms with E-state index in [9.17, 15) is 4.79 Å². The Hall–Kier alpha value is -1.84. The minimum atomic E-state index is -0.325.